The van der Waals surface area contributed by atoms with Gasteiger partial charge in [0.25, 0.3) is 0 Å². The Labute approximate surface area is 201 Å². The predicted octanol–water partition coefficient (Wildman–Crippen LogP) is 2.71. The van der Waals surface area contributed by atoms with Gasteiger partial charge in [-0.3, -0.25) is 14.5 Å². The van der Waals surface area contributed by atoms with Crippen molar-refractivity contribution in [2.75, 3.05) is 56.7 Å². The maximum absolute atomic E-state index is 12.5. The highest BCUT2D eigenvalue weighted by molar-refractivity contribution is 6.39. The molecule has 0 radical (unpaired) electrons. The van der Waals surface area contributed by atoms with E-state index in [4.69, 9.17) is 4.74 Å². The first-order chi connectivity index (χ1) is 16.7. The summed E-state index contributed by atoms with van der Waals surface area (Å²) in [6, 6.07) is 10.7. The fourth-order valence-electron chi connectivity index (χ4n) is 4.34. The molecule has 35 heavy (non-hydrogen) atoms. The van der Waals surface area contributed by atoms with Crippen molar-refractivity contribution >= 4 is 23.2 Å². The second kappa shape index (κ2) is 10.5. The molecule has 0 unspecified atom stereocenters. The third-order valence-electron chi connectivity index (χ3n) is 6.11. The SMILES string of the molecule is CN1CCc2cc([C@@H](CNC(=O)C(=O)Nc3ccc(OC(F)(F)F)cc3)N3CCOCC3)ccc21. The Hall–Kier alpha value is -3.31. The summed E-state index contributed by atoms with van der Waals surface area (Å²) in [6.07, 6.45) is -3.85. The van der Waals surface area contributed by atoms with E-state index in [1.54, 1.807) is 0 Å². The molecule has 188 valence electrons. The van der Waals surface area contributed by atoms with Crippen LogP contribution in [0.2, 0.25) is 0 Å². The number of amides is 2. The lowest BCUT2D eigenvalue weighted by atomic mass is 10.0. The van der Waals surface area contributed by atoms with Crippen molar-refractivity contribution < 1.29 is 32.2 Å². The number of fused-ring (bicyclic) bond motifs is 1. The number of morpholine rings is 1. The Morgan fingerprint density at radius 3 is 2.46 bits per heavy atom. The summed E-state index contributed by atoms with van der Waals surface area (Å²) in [4.78, 5) is 29.3. The van der Waals surface area contributed by atoms with Crippen LogP contribution in [0.1, 0.15) is 17.2 Å². The number of carbonyl (C=O) groups is 2. The van der Waals surface area contributed by atoms with Crippen LogP contribution >= 0.6 is 0 Å². The van der Waals surface area contributed by atoms with E-state index in [1.807, 2.05) is 0 Å². The lowest BCUT2D eigenvalue weighted by Crippen LogP contribution is -2.45. The van der Waals surface area contributed by atoms with Crippen molar-refractivity contribution in [3.05, 3.63) is 53.6 Å². The fourth-order valence-corrected chi connectivity index (χ4v) is 4.34. The van der Waals surface area contributed by atoms with Crippen LogP contribution in [0.5, 0.6) is 5.75 Å². The molecule has 2 aliphatic rings. The van der Waals surface area contributed by atoms with Gasteiger partial charge in [0.15, 0.2) is 0 Å². The standard InChI is InChI=1S/C24H27F3N4O4/c1-30-9-8-17-14-16(2-7-20(17)30)21(31-10-12-34-13-11-31)15-28-22(32)23(33)29-18-3-5-19(6-4-18)35-24(25,26)27/h2-7,14,21H,8-13,15H2,1H3,(H,28,32)(H,29,33)/t21-/m1/s1. The molecule has 0 aliphatic carbocycles. The summed E-state index contributed by atoms with van der Waals surface area (Å²) in [6.45, 7) is 3.77. The topological polar surface area (TPSA) is 83.1 Å². The molecule has 1 atom stereocenters. The van der Waals surface area contributed by atoms with Crippen molar-refractivity contribution in [3.8, 4) is 5.75 Å². The van der Waals surface area contributed by atoms with Crippen molar-refractivity contribution in [1.82, 2.24) is 10.2 Å². The Morgan fingerprint density at radius 2 is 1.77 bits per heavy atom. The quantitative estimate of drug-likeness (QED) is 0.604. The second-order valence-electron chi connectivity index (χ2n) is 8.46. The van der Waals surface area contributed by atoms with Crippen LogP contribution in [0.15, 0.2) is 42.5 Å². The lowest BCUT2D eigenvalue weighted by Gasteiger charge is -2.35. The van der Waals surface area contributed by atoms with Gasteiger partial charge in [-0.25, -0.2) is 0 Å². The Balaban J connectivity index is 1.39. The highest BCUT2D eigenvalue weighted by atomic mass is 19.4. The number of ether oxygens (including phenoxy) is 2. The van der Waals surface area contributed by atoms with Crippen molar-refractivity contribution in [1.29, 1.82) is 0 Å². The average molecular weight is 492 g/mol. The van der Waals surface area contributed by atoms with Gasteiger partial charge in [0.2, 0.25) is 0 Å². The molecule has 1 fully saturated rings. The highest BCUT2D eigenvalue weighted by Gasteiger charge is 2.31. The molecule has 8 nitrogen and oxygen atoms in total. The summed E-state index contributed by atoms with van der Waals surface area (Å²) < 4.78 is 46.1. The van der Waals surface area contributed by atoms with Crippen molar-refractivity contribution in [2.45, 2.75) is 18.8 Å². The zero-order valence-corrected chi connectivity index (χ0v) is 19.2. The number of hydrogen-bond acceptors (Lipinski definition) is 6. The molecular weight excluding hydrogens is 465 g/mol. The van der Waals surface area contributed by atoms with Gasteiger partial charge in [-0.2, -0.15) is 0 Å². The van der Waals surface area contributed by atoms with Gasteiger partial charge in [-0.15, -0.1) is 13.2 Å². The van der Waals surface area contributed by atoms with E-state index < -0.39 is 23.9 Å². The van der Waals surface area contributed by atoms with E-state index in [2.05, 4.69) is 50.4 Å². The summed E-state index contributed by atoms with van der Waals surface area (Å²) in [5, 5.41) is 5.09. The molecule has 4 rings (SSSR count). The number of nitrogens with one attached hydrogen (secondary N) is 2. The number of halogens is 3. The zero-order valence-electron chi connectivity index (χ0n) is 19.2. The van der Waals surface area contributed by atoms with Gasteiger partial charge in [0.1, 0.15) is 5.75 Å². The Morgan fingerprint density at radius 1 is 1.06 bits per heavy atom. The molecule has 2 aromatic rings. The van der Waals surface area contributed by atoms with Crippen LogP contribution in [0.25, 0.3) is 0 Å². The van der Waals surface area contributed by atoms with Crippen LogP contribution in [-0.4, -0.2) is 69.5 Å². The number of hydrogen-bond donors (Lipinski definition) is 2. The minimum Gasteiger partial charge on any atom is -0.406 e. The third-order valence-corrected chi connectivity index (χ3v) is 6.11. The molecule has 0 saturated carbocycles. The van der Waals surface area contributed by atoms with E-state index in [0.717, 1.165) is 30.7 Å². The first-order valence-electron chi connectivity index (χ1n) is 11.3. The largest absolute Gasteiger partial charge is 0.573 e. The van der Waals surface area contributed by atoms with E-state index in [0.29, 0.717) is 26.3 Å². The maximum Gasteiger partial charge on any atom is 0.573 e. The van der Waals surface area contributed by atoms with Crippen LogP contribution < -0.4 is 20.3 Å². The monoisotopic (exact) mass is 492 g/mol. The van der Waals surface area contributed by atoms with E-state index >= 15 is 0 Å². The summed E-state index contributed by atoms with van der Waals surface area (Å²) in [5.41, 5.74) is 3.68. The normalized spacial score (nSPS) is 17.0. The van der Waals surface area contributed by atoms with Gasteiger partial charge in [0, 0.05) is 44.6 Å². The third kappa shape index (κ3) is 6.43. The smallest absolute Gasteiger partial charge is 0.406 e. The van der Waals surface area contributed by atoms with Crippen LogP contribution in [0.4, 0.5) is 24.5 Å². The Kier molecular flexibility index (Phi) is 7.46. The lowest BCUT2D eigenvalue weighted by molar-refractivity contribution is -0.274. The highest BCUT2D eigenvalue weighted by Crippen LogP contribution is 2.31. The number of rotatable bonds is 6. The predicted molar refractivity (Wildman–Crippen MR) is 123 cm³/mol. The summed E-state index contributed by atoms with van der Waals surface area (Å²) in [7, 11) is 2.06. The Bertz CT molecular complexity index is 1060. The van der Waals surface area contributed by atoms with Crippen molar-refractivity contribution in [2.24, 2.45) is 0 Å². The molecule has 2 aliphatic heterocycles. The first-order valence-corrected chi connectivity index (χ1v) is 11.3. The molecule has 1 saturated heterocycles. The van der Waals surface area contributed by atoms with Crippen molar-refractivity contribution in [3.63, 3.8) is 0 Å². The minimum absolute atomic E-state index is 0.134. The number of benzene rings is 2. The molecule has 11 heteroatoms. The molecule has 2 aromatic carbocycles. The number of alkyl halides is 3. The van der Waals surface area contributed by atoms with Crippen LogP contribution in [0.3, 0.4) is 0 Å². The molecule has 0 spiro atoms. The molecular formula is C24H27F3N4O4. The summed E-state index contributed by atoms with van der Waals surface area (Å²) >= 11 is 0. The van der Waals surface area contributed by atoms with Gasteiger partial charge in [-0.1, -0.05) is 12.1 Å². The number of anilines is 2. The number of nitrogens with zero attached hydrogens (tertiary/aromatic N) is 2. The van der Waals surface area contributed by atoms with E-state index in [9.17, 15) is 22.8 Å². The maximum atomic E-state index is 12.5. The van der Waals surface area contributed by atoms with Crippen LogP contribution in [0, 0.1) is 0 Å². The molecule has 2 amide bonds. The molecule has 0 bridgehead atoms. The van der Waals surface area contributed by atoms with Gasteiger partial charge in [-0.05, 0) is 47.9 Å². The van der Waals surface area contributed by atoms with E-state index in [1.165, 1.54) is 23.4 Å². The summed E-state index contributed by atoms with van der Waals surface area (Å²) in [5.74, 6) is -2.17. The molecule has 0 aromatic heterocycles. The number of likely N-dealkylation sites (N-methyl/N-ethyl adjacent to an activating group) is 1. The number of carbonyl (C=O) groups excluding carboxylic acids is 2. The second-order valence-corrected chi connectivity index (χ2v) is 8.46. The van der Waals surface area contributed by atoms with Gasteiger partial charge < -0.3 is 25.0 Å². The minimum atomic E-state index is -4.81. The molecule has 2 heterocycles. The molecule has 2 N–H and O–H groups in total. The van der Waals surface area contributed by atoms with Gasteiger partial charge in [0.05, 0.1) is 19.3 Å². The fraction of sp³-hybridized carbons (Fsp3) is 0.417. The van der Waals surface area contributed by atoms with Gasteiger partial charge >= 0.3 is 18.2 Å². The van der Waals surface area contributed by atoms with E-state index in [-0.39, 0.29) is 18.3 Å². The average Bonchev–Trinajstić information content (AvgIpc) is 3.20. The zero-order chi connectivity index (χ0) is 25.0. The van der Waals surface area contributed by atoms with Crippen LogP contribution in [-0.2, 0) is 20.7 Å². The first kappa shape index (κ1) is 24.8.